The number of aryl methyl sites for hydroxylation is 2. The van der Waals surface area contributed by atoms with Crippen molar-refractivity contribution in [2.75, 3.05) is 0 Å². The summed E-state index contributed by atoms with van der Waals surface area (Å²) < 4.78 is 52.7. The van der Waals surface area contributed by atoms with E-state index < -0.39 is 17.6 Å². The Morgan fingerprint density at radius 1 is 0.870 bits per heavy atom. The van der Waals surface area contributed by atoms with Crippen LogP contribution in [-0.2, 0) is 19.0 Å². The van der Waals surface area contributed by atoms with Crippen molar-refractivity contribution in [3.05, 3.63) is 46.9 Å². The Balaban J connectivity index is 2.07. The third-order valence-electron chi connectivity index (χ3n) is 4.13. The van der Waals surface area contributed by atoms with Gasteiger partial charge >= 0.3 is 6.18 Å². The van der Waals surface area contributed by atoms with Crippen LogP contribution in [0.25, 0.3) is 11.3 Å². The zero-order valence-corrected chi connectivity index (χ0v) is 12.5. The molecule has 1 aromatic heterocycles. The fourth-order valence-corrected chi connectivity index (χ4v) is 2.95. The number of alkyl halides is 3. The molecule has 1 heterocycles. The second-order valence-electron chi connectivity index (χ2n) is 5.80. The van der Waals surface area contributed by atoms with Crippen molar-refractivity contribution in [1.29, 1.82) is 0 Å². The maximum Gasteiger partial charge on any atom is 0.417 e. The Morgan fingerprint density at radius 3 is 2.35 bits per heavy atom. The van der Waals surface area contributed by atoms with Crippen LogP contribution in [0.1, 0.15) is 42.5 Å². The topological polar surface area (TPSA) is 25.8 Å². The molecule has 0 atom stereocenters. The van der Waals surface area contributed by atoms with Gasteiger partial charge in [-0.3, -0.25) is 0 Å². The third-order valence-corrected chi connectivity index (χ3v) is 4.13. The Morgan fingerprint density at radius 2 is 1.61 bits per heavy atom. The fourth-order valence-electron chi connectivity index (χ4n) is 2.95. The summed E-state index contributed by atoms with van der Waals surface area (Å²) in [5.74, 6) is -0.916. The highest BCUT2D eigenvalue weighted by atomic mass is 19.4. The van der Waals surface area contributed by atoms with Crippen LogP contribution in [0, 0.1) is 5.82 Å². The lowest BCUT2D eigenvalue weighted by atomic mass is 9.95. The average molecular weight is 324 g/mol. The normalized spacial score (nSPS) is 15.7. The van der Waals surface area contributed by atoms with Crippen molar-refractivity contribution < 1.29 is 17.6 Å². The molecule has 2 aromatic rings. The van der Waals surface area contributed by atoms with Gasteiger partial charge in [0, 0.05) is 5.56 Å². The van der Waals surface area contributed by atoms with E-state index in [2.05, 4.69) is 10.2 Å². The Hall–Kier alpha value is -1.98. The van der Waals surface area contributed by atoms with Gasteiger partial charge in [0.1, 0.15) is 5.82 Å². The maximum atomic E-state index is 13.2. The molecule has 0 fully saturated rings. The molecule has 0 aliphatic heterocycles. The molecular weight excluding hydrogens is 308 g/mol. The van der Waals surface area contributed by atoms with Crippen LogP contribution in [0.2, 0.25) is 0 Å². The molecule has 0 saturated heterocycles. The summed E-state index contributed by atoms with van der Waals surface area (Å²) in [5, 5.41) is 8.10. The second kappa shape index (κ2) is 6.26. The number of fused-ring (bicyclic) bond motifs is 1. The van der Waals surface area contributed by atoms with Crippen molar-refractivity contribution in [3.8, 4) is 11.3 Å². The van der Waals surface area contributed by atoms with E-state index in [1.54, 1.807) is 6.07 Å². The fraction of sp³-hybridized carbons (Fsp3) is 0.412. The van der Waals surface area contributed by atoms with Gasteiger partial charge in [0.15, 0.2) is 0 Å². The van der Waals surface area contributed by atoms with E-state index >= 15 is 0 Å². The van der Waals surface area contributed by atoms with Crippen LogP contribution < -0.4 is 0 Å². The highest BCUT2D eigenvalue weighted by Gasteiger charge is 2.34. The standard InChI is InChI=1S/C17H16F4N2/c18-12-7-8-13(14(10-12)17(19,20)21)16-9-11-5-3-1-2-4-6-15(11)22-23-16/h7-10H,1-6H2. The van der Waals surface area contributed by atoms with Gasteiger partial charge in [-0.05, 0) is 55.5 Å². The molecular formula is C17H16F4N2. The van der Waals surface area contributed by atoms with E-state index in [1.165, 1.54) is 0 Å². The zero-order chi connectivity index (χ0) is 16.4. The summed E-state index contributed by atoms with van der Waals surface area (Å²) in [4.78, 5) is 0. The summed E-state index contributed by atoms with van der Waals surface area (Å²) in [6.45, 7) is 0. The van der Waals surface area contributed by atoms with Gasteiger partial charge in [-0.1, -0.05) is 12.8 Å². The van der Waals surface area contributed by atoms with Crippen molar-refractivity contribution >= 4 is 0 Å². The second-order valence-corrected chi connectivity index (χ2v) is 5.80. The molecule has 0 radical (unpaired) electrons. The van der Waals surface area contributed by atoms with Gasteiger partial charge in [-0.15, -0.1) is 0 Å². The van der Waals surface area contributed by atoms with Crippen LogP contribution in [0.3, 0.4) is 0 Å². The first kappa shape index (κ1) is 15.9. The van der Waals surface area contributed by atoms with Crippen LogP contribution in [0.5, 0.6) is 0 Å². The molecule has 1 aliphatic carbocycles. The molecule has 0 N–H and O–H groups in total. The molecule has 3 rings (SSSR count). The van der Waals surface area contributed by atoms with Crippen molar-refractivity contribution in [1.82, 2.24) is 10.2 Å². The predicted molar refractivity (Wildman–Crippen MR) is 78.3 cm³/mol. The van der Waals surface area contributed by atoms with E-state index in [4.69, 9.17) is 0 Å². The minimum atomic E-state index is -4.64. The Bertz CT molecular complexity index is 710. The van der Waals surface area contributed by atoms with Crippen molar-refractivity contribution in [3.63, 3.8) is 0 Å². The molecule has 0 spiro atoms. The van der Waals surface area contributed by atoms with Gasteiger partial charge < -0.3 is 0 Å². The largest absolute Gasteiger partial charge is 0.417 e. The molecule has 122 valence electrons. The molecule has 0 unspecified atom stereocenters. The van der Waals surface area contributed by atoms with Crippen LogP contribution in [0.4, 0.5) is 17.6 Å². The van der Waals surface area contributed by atoms with E-state index in [-0.39, 0.29) is 11.3 Å². The van der Waals surface area contributed by atoms with E-state index in [1.807, 2.05) is 0 Å². The lowest BCUT2D eigenvalue weighted by molar-refractivity contribution is -0.137. The molecule has 0 amide bonds. The smallest absolute Gasteiger partial charge is 0.207 e. The van der Waals surface area contributed by atoms with Crippen LogP contribution in [-0.4, -0.2) is 10.2 Å². The highest BCUT2D eigenvalue weighted by Crippen LogP contribution is 2.37. The Labute approximate surface area is 131 Å². The molecule has 1 aliphatic rings. The minimum absolute atomic E-state index is 0.128. The SMILES string of the molecule is Fc1ccc(-c2cc3c(nn2)CCCCCC3)c(C(F)(F)F)c1. The number of nitrogens with zero attached hydrogens (tertiary/aromatic N) is 2. The summed E-state index contributed by atoms with van der Waals surface area (Å²) in [5.41, 5.74) is 0.821. The van der Waals surface area contributed by atoms with Gasteiger partial charge in [0.25, 0.3) is 0 Å². The Kier molecular flexibility index (Phi) is 4.33. The third kappa shape index (κ3) is 3.51. The molecule has 0 saturated carbocycles. The first-order valence-electron chi connectivity index (χ1n) is 7.68. The number of hydrogen-bond donors (Lipinski definition) is 0. The highest BCUT2D eigenvalue weighted by molar-refractivity contribution is 5.65. The van der Waals surface area contributed by atoms with E-state index in [0.717, 1.165) is 61.9 Å². The first-order chi connectivity index (χ1) is 10.9. The minimum Gasteiger partial charge on any atom is -0.207 e. The lowest BCUT2D eigenvalue weighted by Crippen LogP contribution is -2.10. The number of halogens is 4. The van der Waals surface area contributed by atoms with Gasteiger partial charge in [-0.25, -0.2) is 4.39 Å². The molecule has 0 bridgehead atoms. The zero-order valence-electron chi connectivity index (χ0n) is 12.5. The van der Waals surface area contributed by atoms with E-state index in [9.17, 15) is 17.6 Å². The quantitative estimate of drug-likeness (QED) is 0.693. The first-order valence-corrected chi connectivity index (χ1v) is 7.68. The molecule has 2 nitrogen and oxygen atoms in total. The summed E-state index contributed by atoms with van der Waals surface area (Å²) in [6, 6.07) is 4.32. The van der Waals surface area contributed by atoms with Crippen LogP contribution in [0.15, 0.2) is 24.3 Å². The monoisotopic (exact) mass is 324 g/mol. The molecule has 1 aromatic carbocycles. The lowest BCUT2D eigenvalue weighted by Gasteiger charge is -2.15. The predicted octanol–water partition coefficient (Wildman–Crippen LogP) is 4.96. The van der Waals surface area contributed by atoms with Gasteiger partial charge in [0.2, 0.25) is 0 Å². The van der Waals surface area contributed by atoms with Gasteiger partial charge in [0.05, 0.1) is 17.0 Å². The number of rotatable bonds is 1. The average Bonchev–Trinajstić information content (AvgIpc) is 2.47. The number of benzene rings is 1. The van der Waals surface area contributed by atoms with Crippen LogP contribution >= 0.6 is 0 Å². The maximum absolute atomic E-state index is 13.2. The summed E-state index contributed by atoms with van der Waals surface area (Å²) in [6.07, 6.45) is 1.22. The summed E-state index contributed by atoms with van der Waals surface area (Å²) in [7, 11) is 0. The van der Waals surface area contributed by atoms with Gasteiger partial charge in [-0.2, -0.15) is 23.4 Å². The summed E-state index contributed by atoms with van der Waals surface area (Å²) >= 11 is 0. The number of hydrogen-bond acceptors (Lipinski definition) is 2. The van der Waals surface area contributed by atoms with E-state index in [0.29, 0.717) is 6.07 Å². The molecule has 23 heavy (non-hydrogen) atoms. The van der Waals surface area contributed by atoms with Crippen molar-refractivity contribution in [2.24, 2.45) is 0 Å². The number of aromatic nitrogens is 2. The molecule has 6 heteroatoms. The van der Waals surface area contributed by atoms with Crippen molar-refractivity contribution in [2.45, 2.75) is 44.7 Å².